The summed E-state index contributed by atoms with van der Waals surface area (Å²) in [5, 5.41) is 11.1. The zero-order valence-corrected chi connectivity index (χ0v) is 17.2. The molecule has 31 heavy (non-hydrogen) atoms. The van der Waals surface area contributed by atoms with E-state index in [4.69, 9.17) is 0 Å². The van der Waals surface area contributed by atoms with Crippen molar-refractivity contribution in [3.8, 4) is 0 Å². The summed E-state index contributed by atoms with van der Waals surface area (Å²) < 4.78 is 13.7. The predicted octanol–water partition coefficient (Wildman–Crippen LogP) is 4.46. The maximum atomic E-state index is 13.7. The number of ketones is 1. The molecular formula is C25H21FN2O3. The lowest BCUT2D eigenvalue weighted by atomic mass is 9.92. The molecule has 1 amide bonds. The van der Waals surface area contributed by atoms with Crippen LogP contribution in [0.1, 0.15) is 34.0 Å². The van der Waals surface area contributed by atoms with Crippen molar-refractivity contribution in [2.45, 2.75) is 26.4 Å². The van der Waals surface area contributed by atoms with Gasteiger partial charge < -0.3 is 10.0 Å². The highest BCUT2D eigenvalue weighted by Gasteiger charge is 2.46. The van der Waals surface area contributed by atoms with E-state index in [1.807, 2.05) is 37.3 Å². The first kappa shape index (κ1) is 20.5. The minimum absolute atomic E-state index is 0.0127. The molecule has 156 valence electrons. The van der Waals surface area contributed by atoms with Crippen molar-refractivity contribution in [1.29, 1.82) is 0 Å². The molecule has 1 unspecified atom stereocenters. The van der Waals surface area contributed by atoms with Crippen LogP contribution >= 0.6 is 0 Å². The molecule has 1 fully saturated rings. The minimum Gasteiger partial charge on any atom is -0.507 e. The Morgan fingerprint density at radius 1 is 1.03 bits per heavy atom. The second-order valence-electron chi connectivity index (χ2n) is 7.57. The molecule has 6 heteroatoms. The minimum atomic E-state index is -0.784. The molecule has 0 saturated carbocycles. The van der Waals surface area contributed by atoms with Gasteiger partial charge in [0.15, 0.2) is 0 Å². The molecule has 0 bridgehead atoms. The van der Waals surface area contributed by atoms with Gasteiger partial charge >= 0.3 is 0 Å². The van der Waals surface area contributed by atoms with Crippen molar-refractivity contribution in [1.82, 2.24) is 9.88 Å². The molecule has 1 aliphatic rings. The average molecular weight is 416 g/mol. The lowest BCUT2D eigenvalue weighted by Crippen LogP contribution is -2.29. The van der Waals surface area contributed by atoms with E-state index < -0.39 is 23.5 Å². The van der Waals surface area contributed by atoms with Crippen molar-refractivity contribution < 1.29 is 19.1 Å². The number of aromatic nitrogens is 1. The summed E-state index contributed by atoms with van der Waals surface area (Å²) in [5.74, 6) is -2.22. The van der Waals surface area contributed by atoms with E-state index in [9.17, 15) is 19.1 Å². The van der Waals surface area contributed by atoms with Crippen molar-refractivity contribution in [2.24, 2.45) is 0 Å². The van der Waals surface area contributed by atoms with Gasteiger partial charge in [-0.05, 0) is 60.9 Å². The SMILES string of the molecule is Cc1cc(/C(O)=C2\C(=O)C(=O)N(Cc3ccccn3)C2c2ccccc2C)ccc1F. The van der Waals surface area contributed by atoms with Crippen LogP contribution in [0.15, 0.2) is 72.4 Å². The van der Waals surface area contributed by atoms with E-state index in [1.165, 1.54) is 23.1 Å². The number of rotatable bonds is 4. The molecule has 1 N–H and O–H groups in total. The van der Waals surface area contributed by atoms with Crippen LogP contribution in [0.2, 0.25) is 0 Å². The fraction of sp³-hybridized carbons (Fsp3) is 0.160. The molecule has 3 aromatic rings. The predicted molar refractivity (Wildman–Crippen MR) is 114 cm³/mol. The normalized spacial score (nSPS) is 17.9. The standard InChI is InChI=1S/C25H21FN2O3/c1-15-7-3-4-9-19(15)22-21(23(29)17-10-11-20(26)16(2)13-17)24(30)25(31)28(22)14-18-8-5-6-12-27-18/h3-13,22,29H,14H2,1-2H3/b23-21+. The maximum absolute atomic E-state index is 13.7. The number of hydrogen-bond donors (Lipinski definition) is 1. The molecule has 1 aromatic heterocycles. The van der Waals surface area contributed by atoms with Gasteiger partial charge in [-0.25, -0.2) is 4.39 Å². The number of carbonyl (C=O) groups excluding carboxylic acids is 2. The number of amides is 1. The van der Waals surface area contributed by atoms with Crippen molar-refractivity contribution >= 4 is 17.4 Å². The van der Waals surface area contributed by atoms with Gasteiger partial charge in [-0.2, -0.15) is 0 Å². The summed E-state index contributed by atoms with van der Waals surface area (Å²) in [6.07, 6.45) is 1.62. The summed E-state index contributed by atoms with van der Waals surface area (Å²) in [6.45, 7) is 3.58. The number of hydrogen-bond acceptors (Lipinski definition) is 4. The molecule has 1 aliphatic heterocycles. The largest absolute Gasteiger partial charge is 0.507 e. The van der Waals surface area contributed by atoms with Crippen LogP contribution in [-0.4, -0.2) is 26.7 Å². The number of aryl methyl sites for hydroxylation is 2. The zero-order valence-electron chi connectivity index (χ0n) is 17.2. The van der Waals surface area contributed by atoms with E-state index in [-0.39, 0.29) is 23.4 Å². The summed E-state index contributed by atoms with van der Waals surface area (Å²) >= 11 is 0. The van der Waals surface area contributed by atoms with Gasteiger partial charge in [0.25, 0.3) is 11.7 Å². The van der Waals surface area contributed by atoms with Gasteiger partial charge in [-0.1, -0.05) is 30.3 Å². The summed E-state index contributed by atoms with van der Waals surface area (Å²) in [7, 11) is 0. The Kier molecular flexibility index (Phi) is 5.38. The fourth-order valence-electron chi connectivity index (χ4n) is 3.87. The van der Waals surface area contributed by atoms with E-state index >= 15 is 0 Å². The Hall–Kier alpha value is -3.80. The summed E-state index contributed by atoms with van der Waals surface area (Å²) in [4.78, 5) is 31.8. The number of aliphatic hydroxyl groups is 1. The van der Waals surface area contributed by atoms with Crippen LogP contribution in [0.4, 0.5) is 4.39 Å². The molecule has 0 spiro atoms. The van der Waals surface area contributed by atoms with Crippen LogP contribution in [0.25, 0.3) is 5.76 Å². The van der Waals surface area contributed by atoms with Gasteiger partial charge in [0, 0.05) is 11.8 Å². The monoisotopic (exact) mass is 416 g/mol. The summed E-state index contributed by atoms with van der Waals surface area (Å²) in [5.41, 5.74) is 2.84. The average Bonchev–Trinajstić information content (AvgIpc) is 3.01. The highest BCUT2D eigenvalue weighted by Crippen LogP contribution is 2.41. The Balaban J connectivity index is 1.90. The summed E-state index contributed by atoms with van der Waals surface area (Å²) in [6, 6.07) is 16.1. The number of Topliss-reactive ketones (excluding diaryl/α,β-unsaturated/α-hetero) is 1. The van der Waals surface area contributed by atoms with Gasteiger partial charge in [0.05, 0.1) is 23.9 Å². The van der Waals surface area contributed by atoms with E-state index in [0.717, 1.165) is 11.1 Å². The van der Waals surface area contributed by atoms with Crippen molar-refractivity contribution in [2.75, 3.05) is 0 Å². The third-order valence-electron chi connectivity index (χ3n) is 5.51. The smallest absolute Gasteiger partial charge is 0.296 e. The van der Waals surface area contributed by atoms with E-state index in [2.05, 4.69) is 4.98 Å². The zero-order chi connectivity index (χ0) is 22.1. The molecule has 1 saturated heterocycles. The molecule has 0 radical (unpaired) electrons. The highest BCUT2D eigenvalue weighted by atomic mass is 19.1. The number of aliphatic hydroxyl groups excluding tert-OH is 1. The van der Waals surface area contributed by atoms with Crippen molar-refractivity contribution in [3.63, 3.8) is 0 Å². The highest BCUT2D eigenvalue weighted by molar-refractivity contribution is 6.46. The first-order chi connectivity index (χ1) is 14.9. The second kappa shape index (κ2) is 8.14. The molecular weight excluding hydrogens is 395 g/mol. The second-order valence-corrected chi connectivity index (χ2v) is 7.57. The first-order valence-corrected chi connectivity index (χ1v) is 9.89. The quantitative estimate of drug-likeness (QED) is 0.387. The third-order valence-corrected chi connectivity index (χ3v) is 5.51. The van der Waals surface area contributed by atoms with Crippen LogP contribution in [0, 0.1) is 19.7 Å². The van der Waals surface area contributed by atoms with Gasteiger partial charge in [0.1, 0.15) is 11.6 Å². The Morgan fingerprint density at radius 2 is 1.77 bits per heavy atom. The first-order valence-electron chi connectivity index (χ1n) is 9.89. The number of carbonyl (C=O) groups is 2. The van der Waals surface area contributed by atoms with Crippen LogP contribution in [0.5, 0.6) is 0 Å². The number of nitrogens with zero attached hydrogens (tertiary/aromatic N) is 2. The molecule has 2 heterocycles. The molecule has 0 aliphatic carbocycles. The number of halogens is 1. The molecule has 2 aromatic carbocycles. The topological polar surface area (TPSA) is 70.5 Å². The number of likely N-dealkylation sites (tertiary alicyclic amines) is 1. The number of benzene rings is 2. The van der Waals surface area contributed by atoms with Gasteiger partial charge in [0.2, 0.25) is 0 Å². The lowest BCUT2D eigenvalue weighted by Gasteiger charge is -2.26. The fourth-order valence-corrected chi connectivity index (χ4v) is 3.87. The van der Waals surface area contributed by atoms with Gasteiger partial charge in [-0.3, -0.25) is 14.6 Å². The Bertz CT molecular complexity index is 1200. The van der Waals surface area contributed by atoms with Crippen LogP contribution in [-0.2, 0) is 16.1 Å². The van der Waals surface area contributed by atoms with E-state index in [1.54, 1.807) is 25.3 Å². The third kappa shape index (κ3) is 3.72. The molecule has 1 atom stereocenters. The number of pyridine rings is 1. The Labute approximate surface area is 179 Å². The molecule has 5 nitrogen and oxygen atoms in total. The maximum Gasteiger partial charge on any atom is 0.296 e. The van der Waals surface area contributed by atoms with Crippen LogP contribution < -0.4 is 0 Å². The van der Waals surface area contributed by atoms with Gasteiger partial charge in [-0.15, -0.1) is 0 Å². The van der Waals surface area contributed by atoms with E-state index in [0.29, 0.717) is 11.3 Å². The lowest BCUT2D eigenvalue weighted by molar-refractivity contribution is -0.140. The Morgan fingerprint density at radius 3 is 2.45 bits per heavy atom. The van der Waals surface area contributed by atoms with Crippen molar-refractivity contribution in [3.05, 3.63) is 106 Å². The molecule has 4 rings (SSSR count). The van der Waals surface area contributed by atoms with Crippen LogP contribution in [0.3, 0.4) is 0 Å².